The molecule has 0 saturated carbocycles. The standard InChI is InChI=1S/C13H22N2O4S/c1-3-18-7-8-20(16,17)15-12-5-6-13(19-4-2)11(9-12)10-14/h5-6,9,15H,3-4,7-8,10,14H2,1-2H3. The summed E-state index contributed by atoms with van der Waals surface area (Å²) >= 11 is 0. The lowest BCUT2D eigenvalue weighted by Crippen LogP contribution is -2.20. The fraction of sp³-hybridized carbons (Fsp3) is 0.538. The minimum atomic E-state index is -3.41. The first kappa shape index (κ1) is 16.7. The van der Waals surface area contributed by atoms with E-state index in [1.165, 1.54) is 0 Å². The van der Waals surface area contributed by atoms with Crippen molar-refractivity contribution in [3.8, 4) is 5.75 Å². The lowest BCUT2D eigenvalue weighted by Gasteiger charge is -2.12. The number of ether oxygens (including phenoxy) is 2. The third-order valence-electron chi connectivity index (χ3n) is 2.55. The van der Waals surface area contributed by atoms with Gasteiger partial charge < -0.3 is 15.2 Å². The Hall–Kier alpha value is -1.31. The Labute approximate surface area is 120 Å². The number of benzene rings is 1. The second kappa shape index (κ2) is 8.08. The molecule has 0 aliphatic rings. The van der Waals surface area contributed by atoms with E-state index in [4.69, 9.17) is 15.2 Å². The molecular formula is C13H22N2O4S. The predicted molar refractivity (Wildman–Crippen MR) is 79.4 cm³/mol. The molecule has 1 aromatic rings. The summed E-state index contributed by atoms with van der Waals surface area (Å²) in [5, 5.41) is 0. The second-order valence-corrected chi connectivity index (χ2v) is 5.92. The van der Waals surface area contributed by atoms with Crippen LogP contribution in [0.15, 0.2) is 18.2 Å². The second-order valence-electron chi connectivity index (χ2n) is 4.08. The van der Waals surface area contributed by atoms with E-state index in [0.717, 1.165) is 5.56 Å². The third kappa shape index (κ3) is 5.36. The van der Waals surface area contributed by atoms with Crippen molar-refractivity contribution < 1.29 is 17.9 Å². The van der Waals surface area contributed by atoms with E-state index in [-0.39, 0.29) is 18.9 Å². The van der Waals surface area contributed by atoms with Gasteiger partial charge in [0.05, 0.1) is 19.0 Å². The molecule has 20 heavy (non-hydrogen) atoms. The van der Waals surface area contributed by atoms with E-state index < -0.39 is 10.0 Å². The first-order valence-corrected chi connectivity index (χ1v) is 8.21. The highest BCUT2D eigenvalue weighted by Crippen LogP contribution is 2.23. The fourth-order valence-electron chi connectivity index (χ4n) is 1.64. The Balaban J connectivity index is 2.77. The Kier molecular flexibility index (Phi) is 6.77. The maximum Gasteiger partial charge on any atom is 0.234 e. The summed E-state index contributed by atoms with van der Waals surface area (Å²) in [6.45, 7) is 5.18. The van der Waals surface area contributed by atoms with Gasteiger partial charge in [-0.3, -0.25) is 4.72 Å². The van der Waals surface area contributed by atoms with E-state index in [9.17, 15) is 8.42 Å². The topological polar surface area (TPSA) is 90.7 Å². The summed E-state index contributed by atoms with van der Waals surface area (Å²) in [6, 6.07) is 5.05. The Morgan fingerprint density at radius 3 is 2.60 bits per heavy atom. The summed E-state index contributed by atoms with van der Waals surface area (Å²) in [5.74, 6) is 0.596. The number of hydrogen-bond acceptors (Lipinski definition) is 5. The van der Waals surface area contributed by atoms with Crippen LogP contribution in [0, 0.1) is 0 Å². The van der Waals surface area contributed by atoms with Crippen LogP contribution in [-0.2, 0) is 21.3 Å². The van der Waals surface area contributed by atoms with Crippen LogP contribution in [0.1, 0.15) is 19.4 Å². The molecule has 0 heterocycles. The van der Waals surface area contributed by atoms with Crippen molar-refractivity contribution in [1.29, 1.82) is 0 Å². The molecule has 0 atom stereocenters. The molecule has 0 amide bonds. The molecule has 0 fully saturated rings. The van der Waals surface area contributed by atoms with Crippen LogP contribution < -0.4 is 15.2 Å². The first-order valence-electron chi connectivity index (χ1n) is 6.56. The average molecular weight is 302 g/mol. The van der Waals surface area contributed by atoms with Gasteiger partial charge >= 0.3 is 0 Å². The van der Waals surface area contributed by atoms with Gasteiger partial charge in [0, 0.05) is 24.4 Å². The summed E-state index contributed by atoms with van der Waals surface area (Å²) < 4.78 is 36.6. The molecule has 7 heteroatoms. The zero-order valence-electron chi connectivity index (χ0n) is 11.9. The molecule has 0 aliphatic carbocycles. The smallest absolute Gasteiger partial charge is 0.234 e. The summed E-state index contributed by atoms with van der Waals surface area (Å²) in [7, 11) is -3.41. The van der Waals surface area contributed by atoms with Crippen LogP contribution >= 0.6 is 0 Å². The SMILES string of the molecule is CCOCCS(=O)(=O)Nc1ccc(OCC)c(CN)c1. The molecule has 0 aromatic heterocycles. The highest BCUT2D eigenvalue weighted by Gasteiger charge is 2.12. The van der Waals surface area contributed by atoms with Crippen LogP contribution in [0.2, 0.25) is 0 Å². The van der Waals surface area contributed by atoms with Gasteiger partial charge in [-0.1, -0.05) is 0 Å². The zero-order chi connectivity index (χ0) is 15.0. The molecule has 3 N–H and O–H groups in total. The van der Waals surface area contributed by atoms with Crippen LogP contribution in [0.25, 0.3) is 0 Å². The molecular weight excluding hydrogens is 280 g/mol. The van der Waals surface area contributed by atoms with E-state index in [2.05, 4.69) is 4.72 Å². The van der Waals surface area contributed by atoms with Crippen molar-refractivity contribution >= 4 is 15.7 Å². The number of nitrogens with one attached hydrogen (secondary N) is 1. The fourth-order valence-corrected chi connectivity index (χ4v) is 2.57. The lowest BCUT2D eigenvalue weighted by atomic mass is 10.2. The molecule has 0 radical (unpaired) electrons. The zero-order valence-corrected chi connectivity index (χ0v) is 12.7. The normalized spacial score (nSPS) is 11.3. The monoisotopic (exact) mass is 302 g/mol. The highest BCUT2D eigenvalue weighted by molar-refractivity contribution is 7.92. The molecule has 0 aliphatic heterocycles. The quantitative estimate of drug-likeness (QED) is 0.671. The summed E-state index contributed by atoms with van der Waals surface area (Å²) in [6.07, 6.45) is 0. The third-order valence-corrected chi connectivity index (χ3v) is 3.80. The van der Waals surface area contributed by atoms with Crippen molar-refractivity contribution in [3.05, 3.63) is 23.8 Å². The van der Waals surface area contributed by atoms with Crippen LogP contribution in [0.4, 0.5) is 5.69 Å². The number of rotatable bonds is 9. The van der Waals surface area contributed by atoms with Gasteiger partial charge in [0.25, 0.3) is 0 Å². The predicted octanol–water partition coefficient (Wildman–Crippen LogP) is 1.32. The van der Waals surface area contributed by atoms with Gasteiger partial charge in [-0.15, -0.1) is 0 Å². The van der Waals surface area contributed by atoms with E-state index >= 15 is 0 Å². The Morgan fingerprint density at radius 2 is 2.00 bits per heavy atom. The van der Waals surface area contributed by atoms with Crippen molar-refractivity contribution in [2.75, 3.05) is 30.3 Å². The van der Waals surface area contributed by atoms with Crippen molar-refractivity contribution in [3.63, 3.8) is 0 Å². The lowest BCUT2D eigenvalue weighted by molar-refractivity contribution is 0.163. The largest absolute Gasteiger partial charge is 0.494 e. The number of hydrogen-bond donors (Lipinski definition) is 2. The Bertz CT molecular complexity index is 517. The average Bonchev–Trinajstić information content (AvgIpc) is 2.40. The molecule has 1 aromatic carbocycles. The number of anilines is 1. The number of nitrogens with two attached hydrogens (primary N) is 1. The van der Waals surface area contributed by atoms with Gasteiger partial charge in [0.15, 0.2) is 0 Å². The van der Waals surface area contributed by atoms with E-state index in [1.54, 1.807) is 18.2 Å². The van der Waals surface area contributed by atoms with Gasteiger partial charge in [0.2, 0.25) is 10.0 Å². The maximum atomic E-state index is 11.8. The molecule has 0 bridgehead atoms. The van der Waals surface area contributed by atoms with Crippen molar-refractivity contribution in [2.45, 2.75) is 20.4 Å². The number of sulfonamides is 1. The van der Waals surface area contributed by atoms with Crippen LogP contribution in [0.5, 0.6) is 5.75 Å². The maximum absolute atomic E-state index is 11.8. The molecule has 0 spiro atoms. The van der Waals surface area contributed by atoms with Gasteiger partial charge in [-0.05, 0) is 32.0 Å². The summed E-state index contributed by atoms with van der Waals surface area (Å²) in [5.41, 5.74) is 6.87. The minimum absolute atomic E-state index is 0.0774. The Morgan fingerprint density at radius 1 is 1.25 bits per heavy atom. The molecule has 0 unspecified atom stereocenters. The van der Waals surface area contributed by atoms with Crippen molar-refractivity contribution in [2.24, 2.45) is 5.73 Å². The molecule has 1 rings (SSSR count). The van der Waals surface area contributed by atoms with Crippen molar-refractivity contribution in [1.82, 2.24) is 0 Å². The van der Waals surface area contributed by atoms with Gasteiger partial charge in [-0.2, -0.15) is 0 Å². The van der Waals surface area contributed by atoms with E-state index in [1.807, 2.05) is 13.8 Å². The first-order chi connectivity index (χ1) is 9.52. The highest BCUT2D eigenvalue weighted by atomic mass is 32.2. The van der Waals surface area contributed by atoms with Crippen LogP contribution in [-0.4, -0.2) is 34.0 Å². The van der Waals surface area contributed by atoms with E-state index in [0.29, 0.717) is 24.7 Å². The van der Waals surface area contributed by atoms with Crippen LogP contribution in [0.3, 0.4) is 0 Å². The molecule has 0 saturated heterocycles. The molecule has 6 nitrogen and oxygen atoms in total. The minimum Gasteiger partial charge on any atom is -0.494 e. The summed E-state index contributed by atoms with van der Waals surface area (Å²) in [4.78, 5) is 0. The van der Waals surface area contributed by atoms with Gasteiger partial charge in [0.1, 0.15) is 5.75 Å². The van der Waals surface area contributed by atoms with Gasteiger partial charge in [-0.25, -0.2) is 8.42 Å². The molecule has 114 valence electrons.